The minimum absolute atomic E-state index is 0.103. The summed E-state index contributed by atoms with van der Waals surface area (Å²) in [5.41, 5.74) is 2.53. The van der Waals surface area contributed by atoms with Gasteiger partial charge < -0.3 is 20.3 Å². The van der Waals surface area contributed by atoms with E-state index < -0.39 is 30.1 Å². The Morgan fingerprint density at radius 2 is 1.72 bits per heavy atom. The van der Waals surface area contributed by atoms with Crippen LogP contribution >= 0.6 is 0 Å². The molecule has 0 spiro atoms. The van der Waals surface area contributed by atoms with Crippen LogP contribution in [0, 0.1) is 0 Å². The topological polar surface area (TPSA) is 116 Å². The van der Waals surface area contributed by atoms with Crippen molar-refractivity contribution in [2.24, 2.45) is 0 Å². The summed E-state index contributed by atoms with van der Waals surface area (Å²) in [5, 5.41) is 22.7. The Bertz CT molecular complexity index is 912. The Morgan fingerprint density at radius 3 is 2.34 bits per heavy atom. The van der Waals surface area contributed by atoms with E-state index in [1.165, 1.54) is 36.3 Å². The molecular weight excluding hydrogens is 376 g/mol. The Hall–Kier alpha value is -3.39. The number of rotatable bonds is 5. The molecule has 2 aromatic rings. The number of carbonyl (C=O) groups excluding carboxylic acids is 2. The van der Waals surface area contributed by atoms with Crippen LogP contribution in [0.15, 0.2) is 48.5 Å². The molecule has 0 saturated carbocycles. The normalized spacial score (nSPS) is 16.5. The molecule has 2 atom stereocenters. The van der Waals surface area contributed by atoms with Crippen molar-refractivity contribution < 1.29 is 29.3 Å². The number of aliphatic hydroxyl groups excluding tert-OH is 1. The van der Waals surface area contributed by atoms with E-state index in [4.69, 9.17) is 0 Å². The summed E-state index contributed by atoms with van der Waals surface area (Å²) >= 11 is 0. The lowest BCUT2D eigenvalue weighted by atomic mass is 9.91. The van der Waals surface area contributed by atoms with E-state index in [0.29, 0.717) is 17.5 Å². The summed E-state index contributed by atoms with van der Waals surface area (Å²) in [5.74, 6) is -0.933. The monoisotopic (exact) mass is 398 g/mol. The summed E-state index contributed by atoms with van der Waals surface area (Å²) in [6.07, 6.45) is -1.82. The number of carbonyl (C=O) groups is 3. The van der Waals surface area contributed by atoms with Crippen molar-refractivity contribution in [3.8, 4) is 0 Å². The SMILES string of the molecule is COC(=O)c1ccc(C(=O)NC[C@@H](O)C2Cc3ccccc3CN2C(=O)O)cc1. The molecule has 0 radical (unpaired) electrons. The average Bonchev–Trinajstić information content (AvgIpc) is 2.75. The summed E-state index contributed by atoms with van der Waals surface area (Å²) in [7, 11) is 1.27. The first-order valence-corrected chi connectivity index (χ1v) is 9.11. The van der Waals surface area contributed by atoms with Crippen LogP contribution < -0.4 is 5.32 Å². The number of fused-ring (bicyclic) bond motifs is 1. The molecule has 1 heterocycles. The number of aliphatic hydroxyl groups is 1. The van der Waals surface area contributed by atoms with Crippen molar-refractivity contribution in [1.82, 2.24) is 10.2 Å². The molecule has 0 aromatic heterocycles. The number of ether oxygens (including phenoxy) is 1. The highest BCUT2D eigenvalue weighted by atomic mass is 16.5. The molecule has 1 aliphatic rings. The van der Waals surface area contributed by atoms with Gasteiger partial charge in [0, 0.05) is 18.7 Å². The van der Waals surface area contributed by atoms with Gasteiger partial charge in [0.1, 0.15) is 0 Å². The highest BCUT2D eigenvalue weighted by Gasteiger charge is 2.34. The molecule has 8 heteroatoms. The van der Waals surface area contributed by atoms with E-state index in [1.807, 2.05) is 24.3 Å². The van der Waals surface area contributed by atoms with E-state index in [1.54, 1.807) is 0 Å². The molecule has 0 saturated heterocycles. The number of amides is 2. The van der Waals surface area contributed by atoms with Gasteiger partial charge in [0.05, 0.1) is 24.8 Å². The van der Waals surface area contributed by atoms with Gasteiger partial charge in [-0.05, 0) is 41.8 Å². The quantitative estimate of drug-likeness (QED) is 0.660. The fourth-order valence-electron chi connectivity index (χ4n) is 3.41. The number of methoxy groups -OCH3 is 1. The van der Waals surface area contributed by atoms with Crippen LogP contribution in [-0.4, -0.2) is 58.9 Å². The molecular formula is C21H22N2O6. The Balaban J connectivity index is 1.64. The van der Waals surface area contributed by atoms with Crippen LogP contribution in [0.4, 0.5) is 4.79 Å². The maximum Gasteiger partial charge on any atom is 0.407 e. The van der Waals surface area contributed by atoms with E-state index in [-0.39, 0.29) is 13.1 Å². The Kier molecular flexibility index (Phi) is 6.13. The molecule has 1 unspecified atom stereocenters. The molecule has 3 rings (SSSR count). The van der Waals surface area contributed by atoms with Crippen LogP contribution in [0.3, 0.4) is 0 Å². The third kappa shape index (κ3) is 4.55. The summed E-state index contributed by atoms with van der Waals surface area (Å²) < 4.78 is 4.61. The van der Waals surface area contributed by atoms with Gasteiger partial charge in [-0.15, -0.1) is 0 Å². The van der Waals surface area contributed by atoms with Crippen molar-refractivity contribution in [2.45, 2.75) is 25.1 Å². The lowest BCUT2D eigenvalue weighted by molar-refractivity contribution is 0.0382. The van der Waals surface area contributed by atoms with E-state index in [2.05, 4.69) is 10.1 Å². The fraction of sp³-hybridized carbons (Fsp3) is 0.286. The predicted molar refractivity (Wildman–Crippen MR) is 104 cm³/mol. The van der Waals surface area contributed by atoms with Gasteiger partial charge >= 0.3 is 12.1 Å². The predicted octanol–water partition coefficient (Wildman–Crippen LogP) is 1.67. The summed E-state index contributed by atoms with van der Waals surface area (Å²) in [6.45, 7) is 0.0877. The number of hydrogen-bond acceptors (Lipinski definition) is 5. The van der Waals surface area contributed by atoms with E-state index in [9.17, 15) is 24.6 Å². The number of benzene rings is 2. The zero-order chi connectivity index (χ0) is 21.0. The van der Waals surface area contributed by atoms with Crippen LogP contribution in [-0.2, 0) is 17.7 Å². The number of nitrogens with zero attached hydrogens (tertiary/aromatic N) is 1. The van der Waals surface area contributed by atoms with Gasteiger partial charge in [-0.25, -0.2) is 9.59 Å². The number of esters is 1. The highest BCUT2D eigenvalue weighted by molar-refractivity contribution is 5.96. The van der Waals surface area contributed by atoms with Gasteiger partial charge in [0.25, 0.3) is 5.91 Å². The molecule has 152 valence electrons. The second-order valence-electron chi connectivity index (χ2n) is 6.80. The standard InChI is InChI=1S/C21H22N2O6/c1-29-20(26)14-8-6-13(7-9-14)19(25)22-11-18(24)17-10-15-4-2-3-5-16(15)12-23(17)21(27)28/h2-9,17-18,24H,10-12H2,1H3,(H,22,25)(H,27,28)/t17?,18-/m1/s1. The summed E-state index contributed by atoms with van der Waals surface area (Å²) in [4.78, 5) is 36.6. The van der Waals surface area contributed by atoms with Gasteiger partial charge in [0.15, 0.2) is 0 Å². The van der Waals surface area contributed by atoms with Crippen LogP contribution in [0.1, 0.15) is 31.8 Å². The smallest absolute Gasteiger partial charge is 0.407 e. The molecule has 2 amide bonds. The minimum Gasteiger partial charge on any atom is -0.465 e. The van der Waals surface area contributed by atoms with Crippen molar-refractivity contribution in [3.63, 3.8) is 0 Å². The molecule has 1 aliphatic heterocycles. The van der Waals surface area contributed by atoms with Crippen molar-refractivity contribution in [3.05, 3.63) is 70.8 Å². The highest BCUT2D eigenvalue weighted by Crippen LogP contribution is 2.25. The minimum atomic E-state index is -1.12. The fourth-order valence-corrected chi connectivity index (χ4v) is 3.41. The number of nitrogens with one attached hydrogen (secondary N) is 1. The first kappa shape index (κ1) is 20.3. The largest absolute Gasteiger partial charge is 0.465 e. The second kappa shape index (κ2) is 8.74. The van der Waals surface area contributed by atoms with E-state index >= 15 is 0 Å². The molecule has 29 heavy (non-hydrogen) atoms. The third-order valence-corrected chi connectivity index (χ3v) is 5.02. The molecule has 0 aliphatic carbocycles. The van der Waals surface area contributed by atoms with Crippen LogP contribution in [0.25, 0.3) is 0 Å². The Labute approximate surface area is 167 Å². The van der Waals surface area contributed by atoms with Gasteiger partial charge in [0.2, 0.25) is 0 Å². The molecule has 3 N–H and O–H groups in total. The second-order valence-corrected chi connectivity index (χ2v) is 6.80. The van der Waals surface area contributed by atoms with Gasteiger partial charge in [-0.2, -0.15) is 0 Å². The number of carboxylic acid groups (broad SMARTS) is 1. The lowest BCUT2D eigenvalue weighted by Gasteiger charge is -2.37. The third-order valence-electron chi connectivity index (χ3n) is 5.02. The molecule has 0 fully saturated rings. The zero-order valence-corrected chi connectivity index (χ0v) is 15.9. The van der Waals surface area contributed by atoms with Crippen molar-refractivity contribution in [1.29, 1.82) is 0 Å². The molecule has 8 nitrogen and oxygen atoms in total. The maximum atomic E-state index is 12.3. The first-order chi connectivity index (χ1) is 13.9. The van der Waals surface area contributed by atoms with E-state index in [0.717, 1.165) is 11.1 Å². The summed E-state index contributed by atoms with van der Waals surface area (Å²) in [6, 6.07) is 12.7. The van der Waals surface area contributed by atoms with Gasteiger partial charge in [-0.1, -0.05) is 24.3 Å². The molecule has 0 bridgehead atoms. The maximum absolute atomic E-state index is 12.3. The number of hydrogen-bond donors (Lipinski definition) is 3. The Morgan fingerprint density at radius 1 is 1.10 bits per heavy atom. The van der Waals surface area contributed by atoms with Crippen LogP contribution in [0.2, 0.25) is 0 Å². The van der Waals surface area contributed by atoms with Crippen LogP contribution in [0.5, 0.6) is 0 Å². The lowest BCUT2D eigenvalue weighted by Crippen LogP contribution is -2.53. The van der Waals surface area contributed by atoms with Crippen molar-refractivity contribution >= 4 is 18.0 Å². The van der Waals surface area contributed by atoms with Gasteiger partial charge in [-0.3, -0.25) is 9.69 Å². The first-order valence-electron chi connectivity index (χ1n) is 9.11. The zero-order valence-electron chi connectivity index (χ0n) is 15.9. The molecule has 2 aromatic carbocycles. The van der Waals surface area contributed by atoms with Crippen molar-refractivity contribution in [2.75, 3.05) is 13.7 Å². The average molecular weight is 398 g/mol.